The van der Waals surface area contributed by atoms with Gasteiger partial charge in [0.25, 0.3) is 0 Å². The highest BCUT2D eigenvalue weighted by atomic mass is 35.5. The molecule has 4 aliphatic rings. The summed E-state index contributed by atoms with van der Waals surface area (Å²) in [7, 11) is -3.79. The first-order chi connectivity index (χ1) is 19.9. The molecule has 228 valence electrons. The molecule has 0 aliphatic heterocycles. The molecule has 2 atom stereocenters. The fraction of sp³-hybridized carbons (Fsp3) is 0.576. The third-order valence-corrected chi connectivity index (χ3v) is 11.3. The summed E-state index contributed by atoms with van der Waals surface area (Å²) < 4.78 is 27.2. The molecule has 0 heterocycles. The smallest absolute Gasteiger partial charge is 0.244 e. The number of hydrogen-bond acceptors (Lipinski definition) is 4. The second kappa shape index (κ2) is 12.2. The SMILES string of the molecule is CC[C@@H](C)NC(=O)[C@H](C)N(Cc1cccc(Cl)c1)C(=O)CN(c1ccc(C23CC4CC(CC(C4)C2)C3)cc1)S(C)(=O)=O. The van der Waals surface area contributed by atoms with E-state index in [1.807, 2.05) is 32.0 Å². The summed E-state index contributed by atoms with van der Waals surface area (Å²) in [6.45, 7) is 5.27. The molecule has 4 fully saturated rings. The van der Waals surface area contributed by atoms with Crippen molar-refractivity contribution in [3.8, 4) is 0 Å². The van der Waals surface area contributed by atoms with Gasteiger partial charge in [-0.3, -0.25) is 13.9 Å². The van der Waals surface area contributed by atoms with Crippen molar-refractivity contribution in [3.63, 3.8) is 0 Å². The van der Waals surface area contributed by atoms with Crippen molar-refractivity contribution in [3.05, 3.63) is 64.7 Å². The van der Waals surface area contributed by atoms with Crippen molar-refractivity contribution in [1.82, 2.24) is 10.2 Å². The maximum absolute atomic E-state index is 13.9. The molecule has 2 aromatic rings. The third kappa shape index (κ3) is 6.65. The van der Waals surface area contributed by atoms with E-state index in [0.717, 1.165) is 40.3 Å². The van der Waals surface area contributed by atoms with Crippen LogP contribution in [0.25, 0.3) is 0 Å². The topological polar surface area (TPSA) is 86.8 Å². The quantitative estimate of drug-likeness (QED) is 0.342. The highest BCUT2D eigenvalue weighted by Crippen LogP contribution is 2.60. The average molecular weight is 614 g/mol. The Morgan fingerprint density at radius 2 is 1.60 bits per heavy atom. The Labute approximate surface area is 256 Å². The average Bonchev–Trinajstić information content (AvgIpc) is 2.93. The Hall–Kier alpha value is -2.58. The number of halogens is 1. The summed E-state index contributed by atoms with van der Waals surface area (Å²) in [5.41, 5.74) is 2.71. The normalized spacial score (nSPS) is 26.0. The summed E-state index contributed by atoms with van der Waals surface area (Å²) in [5.74, 6) is 1.69. The van der Waals surface area contributed by atoms with E-state index in [-0.39, 0.29) is 23.9 Å². The Morgan fingerprint density at radius 1 is 1.00 bits per heavy atom. The summed E-state index contributed by atoms with van der Waals surface area (Å²) in [4.78, 5) is 28.4. The first kappa shape index (κ1) is 30.9. The maximum Gasteiger partial charge on any atom is 0.244 e. The molecule has 2 amide bonds. The highest BCUT2D eigenvalue weighted by Gasteiger charge is 2.51. The minimum absolute atomic E-state index is 0.0527. The Bertz CT molecular complexity index is 1380. The molecule has 0 saturated heterocycles. The van der Waals surface area contributed by atoms with Crippen LogP contribution in [0.1, 0.15) is 76.8 Å². The van der Waals surface area contributed by atoms with Crippen molar-refractivity contribution in [2.75, 3.05) is 17.1 Å². The Kier molecular flexibility index (Phi) is 8.96. The number of nitrogens with one attached hydrogen (secondary N) is 1. The van der Waals surface area contributed by atoms with E-state index in [2.05, 4.69) is 17.4 Å². The largest absolute Gasteiger partial charge is 0.352 e. The summed E-state index contributed by atoms with van der Waals surface area (Å²) >= 11 is 6.20. The zero-order valence-electron chi connectivity index (χ0n) is 25.2. The molecule has 7 nitrogen and oxygen atoms in total. The zero-order chi connectivity index (χ0) is 30.2. The minimum Gasteiger partial charge on any atom is -0.352 e. The molecule has 4 saturated carbocycles. The van der Waals surface area contributed by atoms with Crippen LogP contribution in [0.3, 0.4) is 0 Å². The van der Waals surface area contributed by atoms with Gasteiger partial charge < -0.3 is 10.2 Å². The number of sulfonamides is 1. The molecule has 4 bridgehead atoms. The van der Waals surface area contributed by atoms with Gasteiger partial charge in [-0.05, 0) is 117 Å². The van der Waals surface area contributed by atoms with Gasteiger partial charge in [0.1, 0.15) is 12.6 Å². The molecule has 0 aromatic heterocycles. The van der Waals surface area contributed by atoms with Gasteiger partial charge in [0.2, 0.25) is 21.8 Å². The lowest BCUT2D eigenvalue weighted by atomic mass is 9.48. The van der Waals surface area contributed by atoms with E-state index in [9.17, 15) is 18.0 Å². The van der Waals surface area contributed by atoms with E-state index in [1.165, 1.54) is 49.0 Å². The van der Waals surface area contributed by atoms with Gasteiger partial charge in [-0.2, -0.15) is 0 Å². The Balaban J connectivity index is 1.38. The molecular formula is C33H44ClN3O4S. The van der Waals surface area contributed by atoms with E-state index >= 15 is 0 Å². The monoisotopic (exact) mass is 613 g/mol. The fourth-order valence-corrected chi connectivity index (χ4v) is 9.00. The highest BCUT2D eigenvalue weighted by molar-refractivity contribution is 7.92. The molecule has 9 heteroatoms. The lowest BCUT2D eigenvalue weighted by Crippen LogP contribution is -2.52. The molecule has 1 N–H and O–H groups in total. The number of carbonyl (C=O) groups excluding carboxylic acids is 2. The minimum atomic E-state index is -3.79. The molecule has 42 heavy (non-hydrogen) atoms. The van der Waals surface area contributed by atoms with Crippen molar-refractivity contribution in [2.24, 2.45) is 17.8 Å². The number of anilines is 1. The number of nitrogens with zero attached hydrogens (tertiary/aromatic N) is 2. The molecule has 0 unspecified atom stereocenters. The van der Waals surface area contributed by atoms with E-state index in [1.54, 1.807) is 25.1 Å². The van der Waals surface area contributed by atoms with Gasteiger partial charge in [-0.15, -0.1) is 0 Å². The summed E-state index contributed by atoms with van der Waals surface area (Å²) in [5, 5.41) is 3.47. The lowest BCUT2D eigenvalue weighted by molar-refractivity contribution is -0.139. The van der Waals surface area contributed by atoms with Crippen LogP contribution in [0.15, 0.2) is 48.5 Å². The predicted molar refractivity (Wildman–Crippen MR) is 168 cm³/mol. The first-order valence-corrected chi connectivity index (χ1v) is 17.5. The van der Waals surface area contributed by atoms with Gasteiger partial charge >= 0.3 is 0 Å². The molecule has 4 aliphatic carbocycles. The molecular weight excluding hydrogens is 570 g/mol. The number of rotatable bonds is 11. The number of carbonyl (C=O) groups is 2. The fourth-order valence-electron chi connectivity index (χ4n) is 7.94. The van der Waals surface area contributed by atoms with Gasteiger partial charge in [-0.25, -0.2) is 8.42 Å². The predicted octanol–water partition coefficient (Wildman–Crippen LogP) is 5.91. The zero-order valence-corrected chi connectivity index (χ0v) is 26.8. The van der Waals surface area contributed by atoms with E-state index < -0.39 is 28.5 Å². The van der Waals surface area contributed by atoms with Crippen LogP contribution in [0.5, 0.6) is 0 Å². The van der Waals surface area contributed by atoms with E-state index in [0.29, 0.717) is 10.7 Å². The standard InChI is InChI=1S/C33H44ClN3O4S/c1-5-22(2)35-32(39)23(3)36(20-24-7-6-8-29(34)16-24)31(38)21-37(42(4,40)41)30-11-9-28(10-12-30)33-17-25-13-26(18-33)15-27(14-25)19-33/h6-12,16,22-23,25-27H,5,13-15,17-21H2,1-4H3,(H,35,39)/t22-,23+,25?,26?,27?,33?/m1/s1. The van der Waals surface area contributed by atoms with Crippen LogP contribution in [0.2, 0.25) is 5.02 Å². The van der Waals surface area contributed by atoms with Crippen LogP contribution in [-0.4, -0.2) is 50.0 Å². The molecule has 6 rings (SSSR count). The second-order valence-electron chi connectivity index (χ2n) is 13.2. The first-order valence-electron chi connectivity index (χ1n) is 15.3. The van der Waals surface area contributed by atoms with Gasteiger partial charge in [0, 0.05) is 17.6 Å². The summed E-state index contributed by atoms with van der Waals surface area (Å²) in [6, 6.07) is 14.1. The number of amides is 2. The molecule has 0 spiro atoms. The van der Waals surface area contributed by atoms with Gasteiger partial charge in [0.15, 0.2) is 0 Å². The molecule has 2 aromatic carbocycles. The van der Waals surface area contributed by atoms with Crippen LogP contribution < -0.4 is 9.62 Å². The van der Waals surface area contributed by atoms with Crippen molar-refractivity contribution >= 4 is 39.1 Å². The summed E-state index contributed by atoms with van der Waals surface area (Å²) in [6.07, 6.45) is 9.63. The Morgan fingerprint density at radius 3 is 2.12 bits per heavy atom. The van der Waals surface area contributed by atoms with Crippen LogP contribution in [-0.2, 0) is 31.6 Å². The number of hydrogen-bond donors (Lipinski definition) is 1. The van der Waals surface area contributed by atoms with Gasteiger partial charge in [0.05, 0.1) is 11.9 Å². The van der Waals surface area contributed by atoms with E-state index in [4.69, 9.17) is 11.6 Å². The number of benzene rings is 2. The van der Waals surface area contributed by atoms with Crippen LogP contribution in [0, 0.1) is 17.8 Å². The molecule has 0 radical (unpaired) electrons. The lowest BCUT2D eigenvalue weighted by Gasteiger charge is -2.57. The van der Waals surface area contributed by atoms with Gasteiger partial charge in [-0.1, -0.05) is 42.8 Å². The second-order valence-corrected chi connectivity index (χ2v) is 15.5. The third-order valence-electron chi connectivity index (χ3n) is 9.90. The maximum atomic E-state index is 13.9. The van der Waals surface area contributed by atoms with Crippen LogP contribution in [0.4, 0.5) is 5.69 Å². The van der Waals surface area contributed by atoms with Crippen molar-refractivity contribution in [1.29, 1.82) is 0 Å². The van der Waals surface area contributed by atoms with Crippen LogP contribution >= 0.6 is 11.6 Å². The van der Waals surface area contributed by atoms with Crippen molar-refractivity contribution in [2.45, 2.75) is 89.8 Å². The van der Waals surface area contributed by atoms with Crippen molar-refractivity contribution < 1.29 is 18.0 Å².